The first kappa shape index (κ1) is 20.8. The third kappa shape index (κ3) is 3.90. The van der Waals surface area contributed by atoms with Gasteiger partial charge in [-0.25, -0.2) is 4.39 Å². The topological polar surface area (TPSA) is 82.6 Å². The maximum atomic E-state index is 15.0. The molecule has 0 aliphatic carbocycles. The number of amides is 3. The van der Waals surface area contributed by atoms with E-state index in [4.69, 9.17) is 0 Å². The van der Waals surface area contributed by atoms with Crippen molar-refractivity contribution in [2.24, 2.45) is 0 Å². The molecule has 166 valence electrons. The molecule has 8 heteroatoms. The maximum absolute atomic E-state index is 15.0. The van der Waals surface area contributed by atoms with Gasteiger partial charge in [-0.05, 0) is 67.1 Å². The summed E-state index contributed by atoms with van der Waals surface area (Å²) in [5, 5.41) is 2.30. The first-order valence-corrected chi connectivity index (χ1v) is 11.1. The molecule has 0 bridgehead atoms. The highest BCUT2D eigenvalue weighted by molar-refractivity contribution is 6.05. The SMILES string of the molecule is O=C1CCC(N2Cc3cc(C4CCN(Cc5cccnc5)CC4)c(F)cc3C2=O)C(=O)N1. The van der Waals surface area contributed by atoms with Crippen molar-refractivity contribution in [1.82, 2.24) is 20.1 Å². The molecule has 0 radical (unpaired) electrons. The Labute approximate surface area is 185 Å². The number of likely N-dealkylation sites (tertiary alicyclic amines) is 1. The molecule has 4 heterocycles. The Morgan fingerprint density at radius 2 is 1.94 bits per heavy atom. The summed E-state index contributed by atoms with van der Waals surface area (Å²) in [6, 6.07) is 6.46. The molecule has 3 aliphatic heterocycles. The Morgan fingerprint density at radius 3 is 2.66 bits per heavy atom. The van der Waals surface area contributed by atoms with Crippen LogP contribution in [0.2, 0.25) is 0 Å². The fourth-order valence-corrected chi connectivity index (χ4v) is 5.07. The fourth-order valence-electron chi connectivity index (χ4n) is 5.07. The summed E-state index contributed by atoms with van der Waals surface area (Å²) in [5.41, 5.74) is 2.91. The Bertz CT molecular complexity index is 1070. The van der Waals surface area contributed by atoms with E-state index < -0.39 is 11.9 Å². The zero-order valence-corrected chi connectivity index (χ0v) is 17.7. The van der Waals surface area contributed by atoms with Gasteiger partial charge in [0, 0.05) is 37.5 Å². The van der Waals surface area contributed by atoms with Crippen molar-refractivity contribution in [2.45, 2.75) is 50.7 Å². The molecule has 0 saturated carbocycles. The largest absolute Gasteiger partial charge is 0.322 e. The van der Waals surface area contributed by atoms with Gasteiger partial charge < -0.3 is 4.90 Å². The van der Waals surface area contributed by atoms with E-state index in [2.05, 4.69) is 21.3 Å². The summed E-state index contributed by atoms with van der Waals surface area (Å²) in [6.45, 7) is 2.85. The second-order valence-electron chi connectivity index (χ2n) is 8.84. The van der Waals surface area contributed by atoms with E-state index in [-0.39, 0.29) is 36.5 Å². The number of piperidine rings is 2. The number of hydrogen-bond donors (Lipinski definition) is 1. The number of benzene rings is 1. The smallest absolute Gasteiger partial charge is 0.255 e. The van der Waals surface area contributed by atoms with Crippen LogP contribution in [-0.4, -0.2) is 51.6 Å². The highest BCUT2D eigenvalue weighted by Crippen LogP contribution is 2.35. The van der Waals surface area contributed by atoms with Gasteiger partial charge >= 0.3 is 0 Å². The molecule has 1 N–H and O–H groups in total. The third-order valence-corrected chi connectivity index (χ3v) is 6.80. The zero-order chi connectivity index (χ0) is 22.2. The fraction of sp³-hybridized carbons (Fsp3) is 0.417. The van der Waals surface area contributed by atoms with Gasteiger partial charge in [0.15, 0.2) is 0 Å². The van der Waals surface area contributed by atoms with E-state index in [1.807, 2.05) is 18.3 Å². The molecule has 1 aromatic carbocycles. The van der Waals surface area contributed by atoms with E-state index in [9.17, 15) is 14.4 Å². The average molecular weight is 436 g/mol. The molecular formula is C24H25FN4O3. The number of imide groups is 1. The molecule has 2 saturated heterocycles. The van der Waals surface area contributed by atoms with Crippen LogP contribution in [0.4, 0.5) is 4.39 Å². The lowest BCUT2D eigenvalue weighted by atomic mass is 9.87. The lowest BCUT2D eigenvalue weighted by molar-refractivity contribution is -0.136. The van der Waals surface area contributed by atoms with Gasteiger partial charge in [0.2, 0.25) is 11.8 Å². The van der Waals surface area contributed by atoms with Crippen LogP contribution < -0.4 is 5.32 Å². The standard InChI is InChI=1S/C24H25FN4O3/c25-20-11-19-17(14-29(24(19)32)21-3-4-22(30)27-23(21)31)10-18(20)16-5-8-28(9-6-16)13-15-2-1-7-26-12-15/h1-2,7,10-12,16,21H,3-6,8-9,13-14H2,(H,27,30,31). The van der Waals surface area contributed by atoms with Gasteiger partial charge in [-0.2, -0.15) is 0 Å². The predicted octanol–water partition coefficient (Wildman–Crippen LogP) is 2.36. The van der Waals surface area contributed by atoms with Crippen molar-refractivity contribution >= 4 is 17.7 Å². The van der Waals surface area contributed by atoms with Crippen molar-refractivity contribution in [3.05, 3.63) is 64.7 Å². The highest BCUT2D eigenvalue weighted by atomic mass is 19.1. The molecule has 5 rings (SSSR count). The number of hydrogen-bond acceptors (Lipinski definition) is 5. The van der Waals surface area contributed by atoms with Crippen LogP contribution >= 0.6 is 0 Å². The van der Waals surface area contributed by atoms with Crippen LogP contribution in [0.1, 0.15) is 58.6 Å². The van der Waals surface area contributed by atoms with Crippen molar-refractivity contribution in [1.29, 1.82) is 0 Å². The van der Waals surface area contributed by atoms with Crippen LogP contribution in [0.5, 0.6) is 0 Å². The van der Waals surface area contributed by atoms with E-state index in [0.29, 0.717) is 17.5 Å². The minimum Gasteiger partial charge on any atom is -0.322 e. The molecule has 3 amide bonds. The van der Waals surface area contributed by atoms with Crippen molar-refractivity contribution in [3.8, 4) is 0 Å². The van der Waals surface area contributed by atoms with Gasteiger partial charge in [0.05, 0.1) is 0 Å². The van der Waals surface area contributed by atoms with Gasteiger partial charge in [0.1, 0.15) is 11.9 Å². The summed E-state index contributed by atoms with van der Waals surface area (Å²) < 4.78 is 15.0. The molecule has 1 atom stereocenters. The molecule has 2 fully saturated rings. The lowest BCUT2D eigenvalue weighted by Crippen LogP contribution is -2.52. The second kappa shape index (κ2) is 8.43. The van der Waals surface area contributed by atoms with E-state index in [0.717, 1.165) is 38.0 Å². The second-order valence-corrected chi connectivity index (χ2v) is 8.84. The Kier molecular flexibility index (Phi) is 5.46. The summed E-state index contributed by atoms with van der Waals surface area (Å²) in [4.78, 5) is 44.5. The number of nitrogens with zero attached hydrogens (tertiary/aromatic N) is 3. The number of carbonyl (C=O) groups is 3. The monoisotopic (exact) mass is 436 g/mol. The lowest BCUT2D eigenvalue weighted by Gasteiger charge is -2.32. The molecule has 7 nitrogen and oxygen atoms in total. The van der Waals surface area contributed by atoms with Crippen LogP contribution in [-0.2, 0) is 22.7 Å². The number of nitrogens with one attached hydrogen (secondary N) is 1. The predicted molar refractivity (Wildman–Crippen MR) is 114 cm³/mol. The number of rotatable bonds is 4. The first-order valence-electron chi connectivity index (χ1n) is 11.1. The minimum atomic E-state index is -0.685. The molecule has 3 aliphatic rings. The highest BCUT2D eigenvalue weighted by Gasteiger charge is 2.40. The number of fused-ring (bicyclic) bond motifs is 1. The molecule has 0 spiro atoms. The number of aromatic nitrogens is 1. The molecular weight excluding hydrogens is 411 g/mol. The molecule has 2 aromatic rings. The quantitative estimate of drug-likeness (QED) is 0.744. The Balaban J connectivity index is 1.28. The number of carbonyl (C=O) groups excluding carboxylic acids is 3. The van der Waals surface area contributed by atoms with Crippen LogP contribution in [0.15, 0.2) is 36.7 Å². The van der Waals surface area contributed by atoms with Crippen molar-refractivity contribution in [3.63, 3.8) is 0 Å². The summed E-state index contributed by atoms with van der Waals surface area (Å²) >= 11 is 0. The maximum Gasteiger partial charge on any atom is 0.255 e. The Morgan fingerprint density at radius 1 is 1.12 bits per heavy atom. The number of pyridine rings is 1. The van der Waals surface area contributed by atoms with Gasteiger partial charge in [0.25, 0.3) is 5.91 Å². The van der Waals surface area contributed by atoms with Crippen LogP contribution in [0.25, 0.3) is 0 Å². The molecule has 1 aromatic heterocycles. The number of halogens is 1. The van der Waals surface area contributed by atoms with E-state index in [1.54, 1.807) is 6.20 Å². The summed E-state index contributed by atoms with van der Waals surface area (Å²) in [7, 11) is 0. The third-order valence-electron chi connectivity index (χ3n) is 6.80. The van der Waals surface area contributed by atoms with Crippen molar-refractivity contribution in [2.75, 3.05) is 13.1 Å². The minimum absolute atomic E-state index is 0.102. The normalized spacial score (nSPS) is 22.2. The van der Waals surface area contributed by atoms with Crippen molar-refractivity contribution < 1.29 is 18.8 Å². The zero-order valence-electron chi connectivity index (χ0n) is 17.7. The first-order chi connectivity index (χ1) is 15.5. The van der Waals surface area contributed by atoms with Gasteiger partial charge in [-0.3, -0.25) is 29.6 Å². The van der Waals surface area contributed by atoms with Gasteiger partial charge in [-0.1, -0.05) is 12.1 Å². The van der Waals surface area contributed by atoms with E-state index in [1.165, 1.54) is 16.5 Å². The van der Waals surface area contributed by atoms with Gasteiger partial charge in [-0.15, -0.1) is 0 Å². The van der Waals surface area contributed by atoms with Crippen LogP contribution in [0.3, 0.4) is 0 Å². The summed E-state index contributed by atoms with van der Waals surface area (Å²) in [5.74, 6) is -1.37. The van der Waals surface area contributed by atoms with Crippen LogP contribution in [0, 0.1) is 5.82 Å². The Hall–Kier alpha value is -3.13. The van der Waals surface area contributed by atoms with E-state index >= 15 is 4.39 Å². The summed E-state index contributed by atoms with van der Waals surface area (Å²) in [6.07, 6.45) is 5.83. The molecule has 32 heavy (non-hydrogen) atoms. The molecule has 1 unspecified atom stereocenters. The average Bonchev–Trinajstić information content (AvgIpc) is 3.10.